The number of carbonyl (C=O) groups is 4. The summed E-state index contributed by atoms with van der Waals surface area (Å²) in [5.74, 6) is -3.16. The van der Waals surface area contributed by atoms with Gasteiger partial charge in [0.25, 0.3) is 0 Å². The highest BCUT2D eigenvalue weighted by Gasteiger charge is 2.50. The van der Waals surface area contributed by atoms with Crippen molar-refractivity contribution in [1.29, 1.82) is 0 Å². The molecule has 0 bridgehead atoms. The molecule has 0 aromatic rings. The number of rotatable bonds is 59. The number of aliphatic carboxylic acids is 1. The van der Waals surface area contributed by atoms with Gasteiger partial charge in [0.2, 0.25) is 0 Å². The van der Waals surface area contributed by atoms with Gasteiger partial charge in [0.1, 0.15) is 18.8 Å². The van der Waals surface area contributed by atoms with Crippen molar-refractivity contribution in [2.24, 2.45) is 0 Å². The summed E-state index contributed by atoms with van der Waals surface area (Å²) in [7, 11) is 0. The van der Waals surface area contributed by atoms with Gasteiger partial charge in [-0.15, -0.1) is 0 Å². The molecule has 1 aliphatic rings. The van der Waals surface area contributed by atoms with E-state index in [1.165, 1.54) is 122 Å². The van der Waals surface area contributed by atoms with Gasteiger partial charge in [-0.2, -0.15) is 0 Å². The number of esters is 3. The van der Waals surface area contributed by atoms with Gasteiger partial charge in [-0.3, -0.25) is 14.4 Å². The molecule has 1 heterocycles. The number of ether oxygens (including phenoxy) is 5. The molecule has 3 N–H and O–H groups in total. The second kappa shape index (κ2) is 60.2. The SMILES string of the molecule is CC/C=C\C/C=C\C/C=C\C/C=C\C/C=C\CCCCCC(=O)OCC(COC1OC(C(=O)O)C(O)C(O)C1OC(=O)CCCCCCCCCCCCCCCCCCCCC)OC(=O)CCCCCCCCC/C=C\C/C=C\CCCCC. The molecule has 1 saturated heterocycles. The molecule has 488 valence electrons. The van der Waals surface area contributed by atoms with Crippen LogP contribution in [0.2, 0.25) is 0 Å². The minimum absolute atomic E-state index is 0.0575. The Hall–Kier alpha value is -4.10. The third kappa shape index (κ3) is 49.6. The van der Waals surface area contributed by atoms with Crippen molar-refractivity contribution >= 4 is 23.9 Å². The molecule has 0 amide bonds. The van der Waals surface area contributed by atoms with Crippen LogP contribution >= 0.6 is 0 Å². The van der Waals surface area contributed by atoms with Gasteiger partial charge in [0.15, 0.2) is 24.6 Å². The molecule has 0 radical (unpaired) electrons. The van der Waals surface area contributed by atoms with Gasteiger partial charge < -0.3 is 39.0 Å². The molecular formula is C73H124O12. The Balaban J connectivity index is 2.66. The van der Waals surface area contributed by atoms with E-state index in [4.69, 9.17) is 23.7 Å². The molecule has 0 saturated carbocycles. The molecule has 0 aromatic carbocycles. The minimum atomic E-state index is -1.91. The Morgan fingerprint density at radius 3 is 1.16 bits per heavy atom. The first-order chi connectivity index (χ1) is 41.6. The number of aliphatic hydroxyl groups is 2. The van der Waals surface area contributed by atoms with E-state index in [0.29, 0.717) is 19.3 Å². The highest BCUT2D eigenvalue weighted by molar-refractivity contribution is 5.74. The van der Waals surface area contributed by atoms with E-state index in [-0.39, 0.29) is 25.9 Å². The van der Waals surface area contributed by atoms with Crippen molar-refractivity contribution < 1.29 is 58.2 Å². The standard InChI is InChI=1S/C73H124O12/c1-4-7-10-13-16-19-22-25-28-31-33-36-38-41-44-47-50-53-56-59-65(74)81-62-64(83-66(75)60-57-54-51-48-45-42-39-35-30-27-24-21-18-15-12-9-6-3)63-82-73-71(69(78)68(77)70(85-73)72(79)80)84-67(76)61-58-55-52-49-46-43-40-37-34-32-29-26-23-20-17-14-11-8-5-2/h7,10,16,18-19,21,25,27-28,30,33,36,41,44,64,68-71,73,77-78H,4-6,8-9,11-15,17,20,22-24,26,29,31-32,34-35,37-40,42-43,45-63H2,1-3H3,(H,79,80)/b10-7-,19-16-,21-18-,28-25-,30-27-,36-33-,44-41-. The van der Waals surface area contributed by atoms with Gasteiger partial charge in [0, 0.05) is 19.3 Å². The Labute approximate surface area is 518 Å². The first kappa shape index (κ1) is 78.9. The van der Waals surface area contributed by atoms with Crippen molar-refractivity contribution in [3.63, 3.8) is 0 Å². The van der Waals surface area contributed by atoms with Crippen LogP contribution in [0.4, 0.5) is 0 Å². The van der Waals surface area contributed by atoms with Crippen LogP contribution in [0, 0.1) is 0 Å². The molecule has 12 nitrogen and oxygen atoms in total. The maximum absolute atomic E-state index is 13.2. The first-order valence-corrected chi connectivity index (χ1v) is 34.6. The van der Waals surface area contributed by atoms with E-state index in [2.05, 4.69) is 106 Å². The van der Waals surface area contributed by atoms with E-state index < -0.39 is 67.3 Å². The fourth-order valence-electron chi connectivity index (χ4n) is 10.2. The molecular weight excluding hydrogens is 1070 g/mol. The second-order valence-corrected chi connectivity index (χ2v) is 23.4. The summed E-state index contributed by atoms with van der Waals surface area (Å²) in [5, 5.41) is 31.7. The van der Waals surface area contributed by atoms with Crippen LogP contribution in [0.3, 0.4) is 0 Å². The fourth-order valence-corrected chi connectivity index (χ4v) is 10.2. The Morgan fingerprint density at radius 1 is 0.400 bits per heavy atom. The topological polar surface area (TPSA) is 175 Å². The van der Waals surface area contributed by atoms with Gasteiger partial charge >= 0.3 is 23.9 Å². The van der Waals surface area contributed by atoms with Crippen LogP contribution < -0.4 is 0 Å². The summed E-state index contributed by atoms with van der Waals surface area (Å²) in [4.78, 5) is 51.5. The zero-order chi connectivity index (χ0) is 61.7. The number of carboxylic acids is 1. The fraction of sp³-hybridized carbons (Fsp3) is 0.753. The highest BCUT2D eigenvalue weighted by atomic mass is 16.7. The van der Waals surface area contributed by atoms with Crippen molar-refractivity contribution in [3.05, 3.63) is 85.1 Å². The maximum Gasteiger partial charge on any atom is 0.335 e. The van der Waals surface area contributed by atoms with Gasteiger partial charge in [-0.1, -0.05) is 273 Å². The van der Waals surface area contributed by atoms with Crippen molar-refractivity contribution in [1.82, 2.24) is 0 Å². The van der Waals surface area contributed by atoms with E-state index >= 15 is 0 Å². The minimum Gasteiger partial charge on any atom is -0.479 e. The smallest absolute Gasteiger partial charge is 0.335 e. The van der Waals surface area contributed by atoms with Crippen LogP contribution in [-0.2, 0) is 42.9 Å². The zero-order valence-electron chi connectivity index (χ0n) is 54.1. The molecule has 85 heavy (non-hydrogen) atoms. The van der Waals surface area contributed by atoms with Gasteiger partial charge in [-0.25, -0.2) is 4.79 Å². The van der Waals surface area contributed by atoms with Gasteiger partial charge in [-0.05, 0) is 96.3 Å². The zero-order valence-corrected chi connectivity index (χ0v) is 54.1. The lowest BCUT2D eigenvalue weighted by molar-refractivity contribution is -0.301. The second-order valence-electron chi connectivity index (χ2n) is 23.4. The largest absolute Gasteiger partial charge is 0.479 e. The first-order valence-electron chi connectivity index (χ1n) is 34.6. The molecule has 6 atom stereocenters. The Bertz CT molecular complexity index is 1800. The Morgan fingerprint density at radius 2 is 0.741 bits per heavy atom. The van der Waals surface area contributed by atoms with Crippen LogP contribution in [0.25, 0.3) is 0 Å². The normalized spacial score (nSPS) is 18.0. The summed E-state index contributed by atoms with van der Waals surface area (Å²) in [5.41, 5.74) is 0. The summed E-state index contributed by atoms with van der Waals surface area (Å²) in [6, 6.07) is 0. The summed E-state index contributed by atoms with van der Waals surface area (Å²) < 4.78 is 28.6. The number of unbranched alkanes of at least 4 members (excludes halogenated alkanes) is 31. The molecule has 0 spiro atoms. The third-order valence-electron chi connectivity index (χ3n) is 15.5. The lowest BCUT2D eigenvalue weighted by atomic mass is 9.98. The van der Waals surface area contributed by atoms with E-state index in [1.54, 1.807) is 0 Å². The van der Waals surface area contributed by atoms with E-state index in [9.17, 15) is 34.5 Å². The number of carbonyl (C=O) groups excluding carboxylic acids is 3. The monoisotopic (exact) mass is 1190 g/mol. The van der Waals surface area contributed by atoms with Crippen LogP contribution in [0.5, 0.6) is 0 Å². The predicted octanol–water partition coefficient (Wildman–Crippen LogP) is 19.0. The van der Waals surface area contributed by atoms with Crippen molar-refractivity contribution in [3.8, 4) is 0 Å². The van der Waals surface area contributed by atoms with Crippen LogP contribution in [0.1, 0.15) is 303 Å². The average molecular weight is 1190 g/mol. The molecule has 1 rings (SSSR count). The summed E-state index contributed by atoms with van der Waals surface area (Å²) in [6.07, 6.45) is 66.8. The summed E-state index contributed by atoms with van der Waals surface area (Å²) >= 11 is 0. The predicted molar refractivity (Wildman–Crippen MR) is 349 cm³/mol. The van der Waals surface area contributed by atoms with Crippen molar-refractivity contribution in [2.75, 3.05) is 13.2 Å². The molecule has 12 heteroatoms. The van der Waals surface area contributed by atoms with Crippen molar-refractivity contribution in [2.45, 2.75) is 340 Å². The molecule has 6 unspecified atom stereocenters. The average Bonchev–Trinajstić information content (AvgIpc) is 3.51. The van der Waals surface area contributed by atoms with Gasteiger partial charge in [0.05, 0.1) is 6.61 Å². The quantitative estimate of drug-likeness (QED) is 0.0228. The number of hydrogen-bond acceptors (Lipinski definition) is 11. The lowest BCUT2D eigenvalue weighted by Crippen LogP contribution is -2.61. The number of aliphatic hydroxyl groups excluding tert-OH is 2. The van der Waals surface area contributed by atoms with E-state index in [0.717, 1.165) is 122 Å². The number of carboxylic acid groups (broad SMARTS) is 1. The molecule has 1 aliphatic heterocycles. The number of hydrogen-bond donors (Lipinski definition) is 3. The number of allylic oxidation sites excluding steroid dienone is 14. The molecule has 1 fully saturated rings. The maximum atomic E-state index is 13.2. The molecule has 0 aliphatic carbocycles. The lowest BCUT2D eigenvalue weighted by Gasteiger charge is -2.40. The summed E-state index contributed by atoms with van der Waals surface area (Å²) in [6.45, 7) is 5.87. The highest BCUT2D eigenvalue weighted by Crippen LogP contribution is 2.27. The van der Waals surface area contributed by atoms with Crippen LogP contribution in [0.15, 0.2) is 85.1 Å². The Kier molecular flexibility index (Phi) is 55.9. The molecule has 0 aromatic heterocycles. The third-order valence-corrected chi connectivity index (χ3v) is 15.5. The van der Waals surface area contributed by atoms with Crippen LogP contribution in [-0.4, -0.2) is 89.2 Å². The van der Waals surface area contributed by atoms with E-state index in [1.807, 2.05) is 0 Å².